The molecule has 1 saturated heterocycles. The van der Waals surface area contributed by atoms with Crippen LogP contribution < -0.4 is 5.32 Å². The van der Waals surface area contributed by atoms with Crippen LogP contribution in [0.5, 0.6) is 0 Å². The number of amides is 2. The standard InChI is InChI=1S/C15H19IN2O/c16-12-6-2-7-13(10-12)17-15(19)18-9-3-5-11-4-1-8-14(11)18/h2,6-7,10-11,14H,1,3-5,8-9H2,(H,17,19)/t11-,14-/m0/s1. The number of rotatable bonds is 1. The van der Waals surface area contributed by atoms with Crippen molar-refractivity contribution in [1.82, 2.24) is 4.90 Å². The van der Waals surface area contributed by atoms with Gasteiger partial charge in [-0.1, -0.05) is 12.5 Å². The Morgan fingerprint density at radius 2 is 2.11 bits per heavy atom. The van der Waals surface area contributed by atoms with Gasteiger partial charge in [0.1, 0.15) is 0 Å². The van der Waals surface area contributed by atoms with Crippen molar-refractivity contribution in [3.8, 4) is 0 Å². The van der Waals surface area contributed by atoms with E-state index in [-0.39, 0.29) is 6.03 Å². The van der Waals surface area contributed by atoms with E-state index in [2.05, 4.69) is 32.8 Å². The van der Waals surface area contributed by atoms with Crippen LogP contribution in [0.2, 0.25) is 0 Å². The quantitative estimate of drug-likeness (QED) is 0.743. The van der Waals surface area contributed by atoms with E-state index in [0.29, 0.717) is 6.04 Å². The maximum Gasteiger partial charge on any atom is 0.322 e. The number of halogens is 1. The molecule has 1 aliphatic heterocycles. The second kappa shape index (κ2) is 5.69. The van der Waals surface area contributed by atoms with Crippen LogP contribution in [0.4, 0.5) is 10.5 Å². The van der Waals surface area contributed by atoms with Crippen molar-refractivity contribution in [3.05, 3.63) is 27.8 Å². The third-order valence-electron chi connectivity index (χ3n) is 4.33. The molecule has 3 rings (SSSR count). The molecule has 2 aliphatic rings. The summed E-state index contributed by atoms with van der Waals surface area (Å²) in [6, 6.07) is 8.54. The van der Waals surface area contributed by atoms with Gasteiger partial charge < -0.3 is 10.2 Å². The Hall–Kier alpha value is -0.780. The lowest BCUT2D eigenvalue weighted by Gasteiger charge is -2.37. The summed E-state index contributed by atoms with van der Waals surface area (Å²) in [7, 11) is 0. The van der Waals surface area contributed by atoms with Crippen molar-refractivity contribution in [3.63, 3.8) is 0 Å². The van der Waals surface area contributed by atoms with Crippen LogP contribution in [0.1, 0.15) is 32.1 Å². The van der Waals surface area contributed by atoms with Gasteiger partial charge in [-0.25, -0.2) is 4.79 Å². The summed E-state index contributed by atoms with van der Waals surface area (Å²) >= 11 is 2.27. The van der Waals surface area contributed by atoms with Crippen LogP contribution in [-0.2, 0) is 0 Å². The summed E-state index contributed by atoms with van der Waals surface area (Å²) in [6.07, 6.45) is 6.23. The van der Waals surface area contributed by atoms with E-state index in [1.807, 2.05) is 24.3 Å². The lowest BCUT2D eigenvalue weighted by Crippen LogP contribution is -2.48. The Morgan fingerprint density at radius 3 is 2.95 bits per heavy atom. The maximum atomic E-state index is 12.4. The molecule has 102 valence electrons. The summed E-state index contributed by atoms with van der Waals surface area (Å²) in [5, 5.41) is 3.05. The monoisotopic (exact) mass is 370 g/mol. The lowest BCUT2D eigenvalue weighted by atomic mass is 9.92. The minimum absolute atomic E-state index is 0.0820. The molecule has 0 bridgehead atoms. The van der Waals surface area contributed by atoms with Crippen LogP contribution in [0.15, 0.2) is 24.3 Å². The van der Waals surface area contributed by atoms with Crippen LogP contribution in [0, 0.1) is 9.49 Å². The van der Waals surface area contributed by atoms with E-state index >= 15 is 0 Å². The van der Waals surface area contributed by atoms with Gasteiger partial charge in [0.25, 0.3) is 0 Å². The third-order valence-corrected chi connectivity index (χ3v) is 5.00. The molecule has 1 heterocycles. The first-order chi connectivity index (χ1) is 9.24. The number of anilines is 1. The molecule has 0 spiro atoms. The van der Waals surface area contributed by atoms with Crippen LogP contribution in [-0.4, -0.2) is 23.5 Å². The van der Waals surface area contributed by atoms with E-state index in [4.69, 9.17) is 0 Å². The highest BCUT2D eigenvalue weighted by Gasteiger charge is 2.37. The molecule has 1 saturated carbocycles. The lowest BCUT2D eigenvalue weighted by molar-refractivity contribution is 0.138. The number of carbonyl (C=O) groups excluding carboxylic acids is 1. The SMILES string of the molecule is O=C(Nc1cccc(I)c1)N1CCC[C@@H]2CCC[C@@H]21. The van der Waals surface area contributed by atoms with Gasteiger partial charge in [-0.15, -0.1) is 0 Å². The predicted octanol–water partition coefficient (Wildman–Crippen LogP) is 4.09. The summed E-state index contributed by atoms with van der Waals surface area (Å²) in [4.78, 5) is 14.5. The number of hydrogen-bond acceptors (Lipinski definition) is 1. The highest BCUT2D eigenvalue weighted by molar-refractivity contribution is 14.1. The normalized spacial score (nSPS) is 26.1. The smallest absolute Gasteiger partial charge is 0.321 e. The number of urea groups is 1. The van der Waals surface area contributed by atoms with Crippen molar-refractivity contribution < 1.29 is 4.79 Å². The molecule has 19 heavy (non-hydrogen) atoms. The van der Waals surface area contributed by atoms with Gasteiger partial charge in [-0.3, -0.25) is 0 Å². The molecule has 0 unspecified atom stereocenters. The van der Waals surface area contributed by atoms with Crippen molar-refractivity contribution in [2.45, 2.75) is 38.1 Å². The molecule has 0 aromatic heterocycles. The van der Waals surface area contributed by atoms with E-state index < -0.39 is 0 Å². The molecule has 2 amide bonds. The predicted molar refractivity (Wildman–Crippen MR) is 85.2 cm³/mol. The molecule has 1 aromatic rings. The largest absolute Gasteiger partial charge is 0.322 e. The van der Waals surface area contributed by atoms with Gasteiger partial charge in [0.15, 0.2) is 0 Å². The number of carbonyl (C=O) groups is 1. The molecule has 1 aromatic carbocycles. The fourth-order valence-electron chi connectivity index (χ4n) is 3.47. The fourth-order valence-corrected chi connectivity index (χ4v) is 4.01. The third kappa shape index (κ3) is 2.88. The summed E-state index contributed by atoms with van der Waals surface area (Å²) in [5.41, 5.74) is 0.900. The zero-order chi connectivity index (χ0) is 13.2. The Bertz CT molecular complexity index is 477. The molecular formula is C15H19IN2O. The first-order valence-corrected chi connectivity index (χ1v) is 8.15. The number of piperidine rings is 1. The Kier molecular flexibility index (Phi) is 3.96. The minimum Gasteiger partial charge on any atom is -0.321 e. The molecule has 2 atom stereocenters. The highest BCUT2D eigenvalue weighted by atomic mass is 127. The molecule has 2 fully saturated rings. The van der Waals surface area contributed by atoms with E-state index in [1.54, 1.807) is 0 Å². The Labute approximate surface area is 127 Å². The number of fused-ring (bicyclic) bond motifs is 1. The van der Waals surface area contributed by atoms with Crippen LogP contribution >= 0.6 is 22.6 Å². The minimum atomic E-state index is 0.0820. The zero-order valence-corrected chi connectivity index (χ0v) is 13.1. The van der Waals surface area contributed by atoms with Gasteiger partial charge in [-0.05, 0) is 72.4 Å². The molecule has 3 nitrogen and oxygen atoms in total. The Morgan fingerprint density at radius 1 is 1.26 bits per heavy atom. The Balaban J connectivity index is 1.69. The number of nitrogens with one attached hydrogen (secondary N) is 1. The van der Waals surface area contributed by atoms with Gasteiger partial charge in [0, 0.05) is 21.8 Å². The van der Waals surface area contributed by atoms with Crippen LogP contribution in [0.25, 0.3) is 0 Å². The summed E-state index contributed by atoms with van der Waals surface area (Å²) in [6.45, 7) is 0.914. The molecule has 1 N–H and O–H groups in total. The fraction of sp³-hybridized carbons (Fsp3) is 0.533. The number of nitrogens with zero attached hydrogens (tertiary/aromatic N) is 1. The highest BCUT2D eigenvalue weighted by Crippen LogP contribution is 2.36. The first kappa shape index (κ1) is 13.2. The number of benzene rings is 1. The average Bonchev–Trinajstić information content (AvgIpc) is 2.86. The molecule has 0 radical (unpaired) electrons. The van der Waals surface area contributed by atoms with Crippen molar-refractivity contribution in [2.75, 3.05) is 11.9 Å². The maximum absolute atomic E-state index is 12.4. The molecular weight excluding hydrogens is 351 g/mol. The van der Waals surface area contributed by atoms with Crippen molar-refractivity contribution >= 4 is 34.3 Å². The van der Waals surface area contributed by atoms with E-state index in [1.165, 1.54) is 25.7 Å². The second-order valence-corrected chi connectivity index (χ2v) is 6.78. The first-order valence-electron chi connectivity index (χ1n) is 7.07. The molecule has 1 aliphatic carbocycles. The van der Waals surface area contributed by atoms with Crippen molar-refractivity contribution in [1.29, 1.82) is 0 Å². The number of likely N-dealkylation sites (tertiary alicyclic amines) is 1. The second-order valence-electron chi connectivity index (χ2n) is 5.53. The topological polar surface area (TPSA) is 32.3 Å². The summed E-state index contributed by atoms with van der Waals surface area (Å²) in [5.74, 6) is 0.746. The van der Waals surface area contributed by atoms with Crippen LogP contribution in [0.3, 0.4) is 0 Å². The zero-order valence-electron chi connectivity index (χ0n) is 10.9. The average molecular weight is 370 g/mol. The van der Waals surface area contributed by atoms with E-state index in [0.717, 1.165) is 28.1 Å². The van der Waals surface area contributed by atoms with Gasteiger partial charge in [-0.2, -0.15) is 0 Å². The summed E-state index contributed by atoms with van der Waals surface area (Å²) < 4.78 is 1.15. The van der Waals surface area contributed by atoms with Gasteiger partial charge in [0.05, 0.1) is 0 Å². The number of hydrogen-bond donors (Lipinski definition) is 1. The van der Waals surface area contributed by atoms with Crippen molar-refractivity contribution in [2.24, 2.45) is 5.92 Å². The molecule has 4 heteroatoms. The van der Waals surface area contributed by atoms with Gasteiger partial charge >= 0.3 is 6.03 Å². The van der Waals surface area contributed by atoms with E-state index in [9.17, 15) is 4.79 Å². The van der Waals surface area contributed by atoms with Gasteiger partial charge in [0.2, 0.25) is 0 Å².